The number of nitrogens with one attached hydrogen (secondary N) is 2. The van der Waals surface area contributed by atoms with Crippen LogP contribution in [0.4, 0.5) is 30.4 Å². The molecule has 0 bridgehead atoms. The van der Waals surface area contributed by atoms with E-state index < -0.39 is 37.8 Å². The minimum Gasteiger partial charge on any atom is -0.337 e. The van der Waals surface area contributed by atoms with E-state index in [1.54, 1.807) is 39.0 Å². The number of aryl methyl sites for hydroxylation is 2. The molecule has 0 aliphatic carbocycles. The summed E-state index contributed by atoms with van der Waals surface area (Å²) >= 11 is 0. The summed E-state index contributed by atoms with van der Waals surface area (Å²) in [4.78, 5) is 30.2. The lowest BCUT2D eigenvalue weighted by Gasteiger charge is -2.24. The first-order chi connectivity index (χ1) is 18.5. The second-order valence-electron chi connectivity index (χ2n) is 9.91. The zero-order valence-corrected chi connectivity index (χ0v) is 23.1. The van der Waals surface area contributed by atoms with Crippen LogP contribution in [0.15, 0.2) is 53.6 Å². The van der Waals surface area contributed by atoms with Crippen molar-refractivity contribution in [3.8, 4) is 0 Å². The van der Waals surface area contributed by atoms with E-state index in [9.17, 15) is 31.2 Å². The van der Waals surface area contributed by atoms with E-state index in [-0.39, 0.29) is 23.4 Å². The van der Waals surface area contributed by atoms with Gasteiger partial charge in [0.2, 0.25) is 5.91 Å². The van der Waals surface area contributed by atoms with Crippen LogP contribution in [0.2, 0.25) is 0 Å². The number of hydrogen-bond donors (Lipinski definition) is 2. The number of sulfone groups is 1. The average molecular weight is 577 g/mol. The molecule has 40 heavy (non-hydrogen) atoms. The van der Waals surface area contributed by atoms with Gasteiger partial charge in [0.25, 0.3) is 5.56 Å². The fourth-order valence-electron chi connectivity index (χ4n) is 4.00. The summed E-state index contributed by atoms with van der Waals surface area (Å²) in [5.41, 5.74) is 0.938. The standard InChI is InChI=1S/C26H27F3N6O4S/c1-15-12-17(25(2,3)40(5,38)39)8-11-19(15)32-20(36)13-35-14-30-21-22(24(35)37)34(4)33-23(21)31-18-9-6-16(7-10-18)26(27,28)29/h6-12,14H,13H2,1-5H3,(H,31,33)(H,32,36). The second-order valence-corrected chi connectivity index (χ2v) is 12.5. The number of benzene rings is 2. The van der Waals surface area contributed by atoms with Crippen LogP contribution in [-0.4, -0.2) is 39.9 Å². The van der Waals surface area contributed by atoms with E-state index in [1.807, 2.05) is 0 Å². The van der Waals surface area contributed by atoms with Crippen molar-refractivity contribution in [1.29, 1.82) is 0 Å². The van der Waals surface area contributed by atoms with Gasteiger partial charge in [-0.25, -0.2) is 13.4 Å². The lowest BCUT2D eigenvalue weighted by atomic mass is 9.99. The van der Waals surface area contributed by atoms with Gasteiger partial charge in [-0.2, -0.15) is 18.3 Å². The molecule has 2 aromatic heterocycles. The van der Waals surface area contributed by atoms with Crippen molar-refractivity contribution >= 4 is 44.0 Å². The van der Waals surface area contributed by atoms with E-state index >= 15 is 0 Å². The second kappa shape index (κ2) is 10.1. The number of alkyl halides is 3. The van der Waals surface area contributed by atoms with Crippen LogP contribution in [0.3, 0.4) is 0 Å². The number of aromatic nitrogens is 4. The lowest BCUT2D eigenvalue weighted by molar-refractivity contribution is -0.137. The first-order valence-corrected chi connectivity index (χ1v) is 13.8. The normalized spacial score (nSPS) is 12.5. The summed E-state index contributed by atoms with van der Waals surface area (Å²) in [7, 11) is -1.87. The molecule has 0 radical (unpaired) electrons. The summed E-state index contributed by atoms with van der Waals surface area (Å²) in [6.45, 7) is 4.59. The topological polar surface area (TPSA) is 128 Å². The molecule has 0 saturated heterocycles. The number of hydrogen-bond acceptors (Lipinski definition) is 7. The predicted octanol–water partition coefficient (Wildman–Crippen LogP) is 4.12. The van der Waals surface area contributed by atoms with Crippen molar-refractivity contribution in [2.45, 2.75) is 38.2 Å². The summed E-state index contributed by atoms with van der Waals surface area (Å²) in [6, 6.07) is 9.27. The van der Waals surface area contributed by atoms with Gasteiger partial charge in [-0.05, 0) is 62.2 Å². The van der Waals surface area contributed by atoms with Crippen LogP contribution in [0, 0.1) is 6.92 Å². The fraction of sp³-hybridized carbons (Fsp3) is 0.308. The van der Waals surface area contributed by atoms with Gasteiger partial charge in [0.15, 0.2) is 21.2 Å². The highest BCUT2D eigenvalue weighted by atomic mass is 32.2. The number of fused-ring (bicyclic) bond motifs is 1. The molecular formula is C26H27F3N6O4S. The largest absolute Gasteiger partial charge is 0.416 e. The van der Waals surface area contributed by atoms with Crippen molar-refractivity contribution in [3.05, 3.63) is 75.8 Å². The van der Waals surface area contributed by atoms with Gasteiger partial charge < -0.3 is 10.6 Å². The number of carbonyl (C=O) groups excluding carboxylic acids is 1. The maximum absolute atomic E-state index is 13.1. The Hall–Kier alpha value is -4.20. The molecule has 14 heteroatoms. The molecule has 4 rings (SSSR count). The Morgan fingerprint density at radius 3 is 2.25 bits per heavy atom. The van der Waals surface area contributed by atoms with Crippen LogP contribution < -0.4 is 16.2 Å². The number of carbonyl (C=O) groups is 1. The molecule has 0 aliphatic rings. The minimum atomic E-state index is -4.47. The van der Waals surface area contributed by atoms with E-state index in [2.05, 4.69) is 20.7 Å². The van der Waals surface area contributed by atoms with Crippen LogP contribution in [0.5, 0.6) is 0 Å². The molecule has 0 atom stereocenters. The summed E-state index contributed by atoms with van der Waals surface area (Å²) in [5.74, 6) is -0.342. The van der Waals surface area contributed by atoms with E-state index in [0.29, 0.717) is 22.5 Å². The fourth-order valence-corrected chi connectivity index (χ4v) is 4.56. The maximum Gasteiger partial charge on any atom is 0.416 e. The van der Waals surface area contributed by atoms with Gasteiger partial charge in [-0.1, -0.05) is 12.1 Å². The van der Waals surface area contributed by atoms with Crippen LogP contribution in [0.25, 0.3) is 11.0 Å². The molecule has 2 aromatic carbocycles. The highest BCUT2D eigenvalue weighted by Crippen LogP contribution is 2.32. The van der Waals surface area contributed by atoms with Gasteiger partial charge in [0.1, 0.15) is 12.1 Å². The van der Waals surface area contributed by atoms with E-state index in [0.717, 1.165) is 23.0 Å². The number of halogens is 3. The number of rotatable bonds is 7. The first kappa shape index (κ1) is 28.8. The Morgan fingerprint density at radius 1 is 1.05 bits per heavy atom. The molecule has 0 unspecified atom stereocenters. The number of anilines is 3. The molecule has 4 aromatic rings. The monoisotopic (exact) mass is 576 g/mol. The SMILES string of the molecule is Cc1cc(C(C)(C)S(C)(=O)=O)ccc1NC(=O)Cn1cnc2c(Nc3ccc(C(F)(F)F)cc3)nn(C)c2c1=O. The van der Waals surface area contributed by atoms with Crippen LogP contribution >= 0.6 is 0 Å². The number of amides is 1. The van der Waals surface area contributed by atoms with E-state index in [1.165, 1.54) is 30.2 Å². The lowest BCUT2D eigenvalue weighted by Crippen LogP contribution is -2.29. The third kappa shape index (κ3) is 5.57. The maximum atomic E-state index is 13.1. The van der Waals surface area contributed by atoms with Gasteiger partial charge in [-0.3, -0.25) is 18.8 Å². The van der Waals surface area contributed by atoms with Gasteiger partial charge in [-0.15, -0.1) is 0 Å². The third-order valence-corrected chi connectivity index (χ3v) is 8.81. The summed E-state index contributed by atoms with van der Waals surface area (Å²) in [5, 5.41) is 9.82. The Kier molecular flexibility index (Phi) is 7.26. The third-order valence-electron chi connectivity index (χ3n) is 6.72. The first-order valence-electron chi connectivity index (χ1n) is 12.0. The Balaban J connectivity index is 1.53. The molecule has 1 amide bonds. The zero-order valence-electron chi connectivity index (χ0n) is 22.3. The van der Waals surface area contributed by atoms with Crippen molar-refractivity contribution in [1.82, 2.24) is 19.3 Å². The van der Waals surface area contributed by atoms with Crippen molar-refractivity contribution in [2.75, 3.05) is 16.9 Å². The van der Waals surface area contributed by atoms with Crippen LogP contribution in [0.1, 0.15) is 30.5 Å². The highest BCUT2D eigenvalue weighted by molar-refractivity contribution is 7.91. The zero-order chi connectivity index (χ0) is 29.6. The predicted molar refractivity (Wildman–Crippen MR) is 145 cm³/mol. The average Bonchev–Trinajstić information content (AvgIpc) is 3.16. The molecule has 2 N–H and O–H groups in total. The summed E-state index contributed by atoms with van der Waals surface area (Å²) < 4.78 is 64.1. The summed E-state index contributed by atoms with van der Waals surface area (Å²) in [6.07, 6.45) is -2.11. The molecule has 0 saturated carbocycles. The molecule has 0 aliphatic heterocycles. The van der Waals surface area contributed by atoms with Gasteiger partial charge in [0.05, 0.1) is 16.6 Å². The molecule has 2 heterocycles. The number of nitrogens with zero attached hydrogens (tertiary/aromatic N) is 4. The van der Waals surface area contributed by atoms with Crippen molar-refractivity contribution < 1.29 is 26.4 Å². The molecule has 0 fully saturated rings. The molecule has 10 nitrogen and oxygen atoms in total. The molecule has 0 spiro atoms. The Morgan fingerprint density at radius 2 is 1.68 bits per heavy atom. The Bertz CT molecular complexity index is 1780. The van der Waals surface area contributed by atoms with Gasteiger partial charge in [0, 0.05) is 24.7 Å². The van der Waals surface area contributed by atoms with Crippen molar-refractivity contribution in [3.63, 3.8) is 0 Å². The Labute approximate surface area is 227 Å². The smallest absolute Gasteiger partial charge is 0.337 e. The highest BCUT2D eigenvalue weighted by Gasteiger charge is 2.32. The van der Waals surface area contributed by atoms with E-state index in [4.69, 9.17) is 0 Å². The molecular weight excluding hydrogens is 549 g/mol. The molecule has 212 valence electrons. The van der Waals surface area contributed by atoms with Crippen molar-refractivity contribution in [2.24, 2.45) is 7.05 Å². The van der Waals surface area contributed by atoms with Gasteiger partial charge >= 0.3 is 6.18 Å². The quantitative estimate of drug-likeness (QED) is 0.339. The van der Waals surface area contributed by atoms with Crippen LogP contribution in [-0.2, 0) is 39.1 Å². The minimum absolute atomic E-state index is 0.0910.